The molecule has 0 radical (unpaired) electrons. The molecule has 0 saturated carbocycles. The second-order valence-corrected chi connectivity index (χ2v) is 4.68. The highest BCUT2D eigenvalue weighted by Crippen LogP contribution is 2.32. The molecule has 5 nitrogen and oxygen atoms in total. The van der Waals surface area contributed by atoms with Gasteiger partial charge in [0, 0.05) is 24.4 Å². The maximum atomic E-state index is 5.63. The molecule has 0 spiro atoms. The first kappa shape index (κ1) is 13.5. The Morgan fingerprint density at radius 2 is 1.71 bits per heavy atom. The van der Waals surface area contributed by atoms with Crippen LogP contribution in [0.5, 0.6) is 11.5 Å². The minimum atomic E-state index is 0.538. The van der Waals surface area contributed by atoms with Crippen molar-refractivity contribution in [1.82, 2.24) is 9.55 Å². The first-order valence-electron chi connectivity index (χ1n) is 6.65. The highest BCUT2D eigenvalue weighted by molar-refractivity contribution is 5.81. The Bertz CT molecular complexity index is 763. The SMILES string of the molecule is COc1cc2ncn(-c3ccc(CN)cc3)c2cc1OC. The number of hydrogen-bond donors (Lipinski definition) is 1. The van der Waals surface area contributed by atoms with Crippen molar-refractivity contribution in [2.75, 3.05) is 14.2 Å². The van der Waals surface area contributed by atoms with E-state index in [0.29, 0.717) is 18.0 Å². The second kappa shape index (κ2) is 5.46. The quantitative estimate of drug-likeness (QED) is 0.799. The fourth-order valence-electron chi connectivity index (χ4n) is 2.33. The smallest absolute Gasteiger partial charge is 0.163 e. The lowest BCUT2D eigenvalue weighted by molar-refractivity contribution is 0.355. The second-order valence-electron chi connectivity index (χ2n) is 4.68. The Hall–Kier alpha value is -2.53. The van der Waals surface area contributed by atoms with Crippen molar-refractivity contribution < 1.29 is 9.47 Å². The lowest BCUT2D eigenvalue weighted by atomic mass is 10.2. The molecular weight excluding hydrogens is 266 g/mol. The third-order valence-electron chi connectivity index (χ3n) is 3.50. The zero-order valence-corrected chi connectivity index (χ0v) is 12.0. The minimum Gasteiger partial charge on any atom is -0.493 e. The van der Waals surface area contributed by atoms with Crippen LogP contribution in [0.2, 0.25) is 0 Å². The number of benzene rings is 2. The van der Waals surface area contributed by atoms with Crippen LogP contribution in [0.4, 0.5) is 0 Å². The molecule has 0 aliphatic heterocycles. The Balaban J connectivity index is 2.14. The fourth-order valence-corrected chi connectivity index (χ4v) is 2.33. The summed E-state index contributed by atoms with van der Waals surface area (Å²) in [7, 11) is 3.24. The number of ether oxygens (including phenoxy) is 2. The molecule has 0 unspecified atom stereocenters. The fraction of sp³-hybridized carbons (Fsp3) is 0.188. The van der Waals surface area contributed by atoms with Gasteiger partial charge in [0.25, 0.3) is 0 Å². The van der Waals surface area contributed by atoms with Crippen molar-refractivity contribution in [2.24, 2.45) is 5.73 Å². The van der Waals surface area contributed by atoms with Crippen LogP contribution < -0.4 is 15.2 Å². The van der Waals surface area contributed by atoms with E-state index in [1.54, 1.807) is 20.5 Å². The molecule has 0 aliphatic rings. The summed E-state index contributed by atoms with van der Waals surface area (Å²) in [5.41, 5.74) is 9.58. The summed E-state index contributed by atoms with van der Waals surface area (Å²) < 4.78 is 12.7. The van der Waals surface area contributed by atoms with Crippen molar-refractivity contribution in [2.45, 2.75) is 6.54 Å². The standard InChI is InChI=1S/C16H17N3O2/c1-20-15-7-13-14(8-16(15)21-2)19(10-18-13)12-5-3-11(9-17)4-6-12/h3-8,10H,9,17H2,1-2H3. The van der Waals surface area contributed by atoms with Gasteiger partial charge in [0.05, 0.1) is 25.3 Å². The Kier molecular flexibility index (Phi) is 3.50. The normalized spacial score (nSPS) is 10.8. The van der Waals surface area contributed by atoms with Crippen LogP contribution in [0.15, 0.2) is 42.7 Å². The highest BCUT2D eigenvalue weighted by atomic mass is 16.5. The molecule has 3 rings (SSSR count). The molecule has 0 bridgehead atoms. The number of fused-ring (bicyclic) bond motifs is 1. The summed E-state index contributed by atoms with van der Waals surface area (Å²) >= 11 is 0. The average Bonchev–Trinajstić information content (AvgIpc) is 2.96. The third-order valence-corrected chi connectivity index (χ3v) is 3.50. The molecule has 1 heterocycles. The van der Waals surface area contributed by atoms with Crippen molar-refractivity contribution in [3.05, 3.63) is 48.3 Å². The molecule has 2 N–H and O–H groups in total. The van der Waals surface area contributed by atoms with Gasteiger partial charge < -0.3 is 15.2 Å². The summed E-state index contributed by atoms with van der Waals surface area (Å²) in [5, 5.41) is 0. The van der Waals surface area contributed by atoms with Gasteiger partial charge in [0.15, 0.2) is 11.5 Å². The molecule has 21 heavy (non-hydrogen) atoms. The molecule has 0 amide bonds. The van der Waals surface area contributed by atoms with E-state index in [-0.39, 0.29) is 0 Å². The monoisotopic (exact) mass is 283 g/mol. The lowest BCUT2D eigenvalue weighted by Gasteiger charge is -2.09. The van der Waals surface area contributed by atoms with Gasteiger partial charge in [0.2, 0.25) is 0 Å². The van der Waals surface area contributed by atoms with Gasteiger partial charge in [-0.1, -0.05) is 12.1 Å². The summed E-state index contributed by atoms with van der Waals surface area (Å²) in [6, 6.07) is 11.9. The molecule has 2 aromatic carbocycles. The Morgan fingerprint density at radius 3 is 2.33 bits per heavy atom. The van der Waals surface area contributed by atoms with Gasteiger partial charge in [0.1, 0.15) is 6.33 Å². The molecule has 0 saturated heterocycles. The number of imidazole rings is 1. The molecule has 0 fully saturated rings. The molecule has 0 aliphatic carbocycles. The summed E-state index contributed by atoms with van der Waals surface area (Å²) in [6.07, 6.45) is 1.79. The number of aromatic nitrogens is 2. The van der Waals surface area contributed by atoms with E-state index in [1.807, 2.05) is 41.0 Å². The van der Waals surface area contributed by atoms with Crippen LogP contribution in [0.3, 0.4) is 0 Å². The van der Waals surface area contributed by atoms with Gasteiger partial charge in [-0.05, 0) is 17.7 Å². The Labute approximate surface area is 122 Å². The van der Waals surface area contributed by atoms with Crippen molar-refractivity contribution >= 4 is 11.0 Å². The van der Waals surface area contributed by atoms with Crippen LogP contribution in [-0.2, 0) is 6.54 Å². The van der Waals surface area contributed by atoms with E-state index in [1.165, 1.54) is 0 Å². The van der Waals surface area contributed by atoms with Crippen LogP contribution in [-0.4, -0.2) is 23.8 Å². The van der Waals surface area contributed by atoms with Gasteiger partial charge in [-0.15, -0.1) is 0 Å². The van der Waals surface area contributed by atoms with E-state index in [0.717, 1.165) is 22.3 Å². The summed E-state index contributed by atoms with van der Waals surface area (Å²) in [4.78, 5) is 4.42. The maximum absolute atomic E-state index is 5.63. The van der Waals surface area contributed by atoms with E-state index in [2.05, 4.69) is 4.98 Å². The van der Waals surface area contributed by atoms with Gasteiger partial charge in [-0.3, -0.25) is 4.57 Å². The third kappa shape index (κ3) is 2.32. The predicted octanol–water partition coefficient (Wildman–Crippen LogP) is 2.50. The van der Waals surface area contributed by atoms with E-state index in [4.69, 9.17) is 15.2 Å². The zero-order valence-electron chi connectivity index (χ0n) is 12.0. The predicted molar refractivity (Wildman–Crippen MR) is 82.1 cm³/mol. The van der Waals surface area contributed by atoms with Gasteiger partial charge in [-0.25, -0.2) is 4.98 Å². The summed E-state index contributed by atoms with van der Waals surface area (Å²) in [6.45, 7) is 0.538. The number of rotatable bonds is 4. The molecule has 0 atom stereocenters. The van der Waals surface area contributed by atoms with E-state index in [9.17, 15) is 0 Å². The molecule has 5 heteroatoms. The molecular formula is C16H17N3O2. The first-order chi connectivity index (χ1) is 10.3. The highest BCUT2D eigenvalue weighted by Gasteiger charge is 2.11. The number of nitrogens with two attached hydrogens (primary N) is 1. The maximum Gasteiger partial charge on any atom is 0.163 e. The van der Waals surface area contributed by atoms with Crippen LogP contribution in [0.1, 0.15) is 5.56 Å². The summed E-state index contributed by atoms with van der Waals surface area (Å²) in [5.74, 6) is 1.36. The zero-order chi connectivity index (χ0) is 14.8. The topological polar surface area (TPSA) is 62.3 Å². The number of nitrogens with zero attached hydrogens (tertiary/aromatic N) is 2. The largest absolute Gasteiger partial charge is 0.493 e. The Morgan fingerprint density at radius 1 is 1.05 bits per heavy atom. The van der Waals surface area contributed by atoms with Crippen LogP contribution in [0.25, 0.3) is 16.7 Å². The van der Waals surface area contributed by atoms with Crippen molar-refractivity contribution in [3.63, 3.8) is 0 Å². The number of hydrogen-bond acceptors (Lipinski definition) is 4. The van der Waals surface area contributed by atoms with Crippen LogP contribution >= 0.6 is 0 Å². The molecule has 108 valence electrons. The van der Waals surface area contributed by atoms with Crippen molar-refractivity contribution in [3.8, 4) is 17.2 Å². The van der Waals surface area contributed by atoms with Crippen LogP contribution in [0, 0.1) is 0 Å². The molecule has 1 aromatic heterocycles. The minimum absolute atomic E-state index is 0.538. The average molecular weight is 283 g/mol. The van der Waals surface area contributed by atoms with Gasteiger partial charge >= 0.3 is 0 Å². The van der Waals surface area contributed by atoms with E-state index < -0.39 is 0 Å². The number of methoxy groups -OCH3 is 2. The molecule has 3 aromatic rings. The lowest BCUT2D eigenvalue weighted by Crippen LogP contribution is -1.97. The first-order valence-corrected chi connectivity index (χ1v) is 6.65. The van der Waals surface area contributed by atoms with Gasteiger partial charge in [-0.2, -0.15) is 0 Å². The van der Waals surface area contributed by atoms with E-state index >= 15 is 0 Å². The van der Waals surface area contributed by atoms with Crippen molar-refractivity contribution in [1.29, 1.82) is 0 Å².